The Balaban J connectivity index is 2.04. The van der Waals surface area contributed by atoms with Crippen LogP contribution in [0.1, 0.15) is 24.1 Å². The van der Waals surface area contributed by atoms with Crippen LogP contribution >= 0.6 is 0 Å². The standard InChI is InChI=1S/C17H21NO3/c1-12(16-8-7-15(20)10-17(16)21)18-14(11-19)9-13-5-3-2-4-6-13/h2-8,10,12,14,18-21H,9,11H2,1H3. The lowest BCUT2D eigenvalue weighted by Crippen LogP contribution is -2.36. The summed E-state index contributed by atoms with van der Waals surface area (Å²) in [6.07, 6.45) is 0.709. The second-order valence-corrected chi connectivity index (χ2v) is 5.20. The average molecular weight is 287 g/mol. The number of phenols is 2. The molecule has 112 valence electrons. The van der Waals surface area contributed by atoms with Crippen LogP contribution in [0.25, 0.3) is 0 Å². The summed E-state index contributed by atoms with van der Waals surface area (Å²) >= 11 is 0. The van der Waals surface area contributed by atoms with E-state index >= 15 is 0 Å². The van der Waals surface area contributed by atoms with Gasteiger partial charge in [-0.05, 0) is 25.0 Å². The Morgan fingerprint density at radius 1 is 1.05 bits per heavy atom. The lowest BCUT2D eigenvalue weighted by Gasteiger charge is -2.23. The van der Waals surface area contributed by atoms with Gasteiger partial charge in [-0.2, -0.15) is 0 Å². The zero-order valence-corrected chi connectivity index (χ0v) is 12.0. The van der Waals surface area contributed by atoms with E-state index in [0.29, 0.717) is 12.0 Å². The summed E-state index contributed by atoms with van der Waals surface area (Å²) in [6.45, 7) is 1.93. The van der Waals surface area contributed by atoms with Crippen molar-refractivity contribution in [3.63, 3.8) is 0 Å². The Morgan fingerprint density at radius 3 is 2.38 bits per heavy atom. The summed E-state index contributed by atoms with van der Waals surface area (Å²) in [6, 6.07) is 14.2. The van der Waals surface area contributed by atoms with E-state index in [9.17, 15) is 15.3 Å². The molecule has 21 heavy (non-hydrogen) atoms. The Labute approximate surface area is 124 Å². The van der Waals surface area contributed by atoms with Gasteiger partial charge in [0.25, 0.3) is 0 Å². The molecule has 0 aliphatic carbocycles. The van der Waals surface area contributed by atoms with Gasteiger partial charge in [-0.15, -0.1) is 0 Å². The number of rotatable bonds is 6. The Hall–Kier alpha value is -2.04. The number of aliphatic hydroxyl groups is 1. The van der Waals surface area contributed by atoms with Crippen molar-refractivity contribution in [1.82, 2.24) is 5.32 Å². The van der Waals surface area contributed by atoms with E-state index in [0.717, 1.165) is 5.56 Å². The number of hydrogen-bond donors (Lipinski definition) is 4. The quantitative estimate of drug-likeness (QED) is 0.658. The summed E-state index contributed by atoms with van der Waals surface area (Å²) < 4.78 is 0. The normalized spacial score (nSPS) is 13.8. The molecule has 0 heterocycles. The highest BCUT2D eigenvalue weighted by Crippen LogP contribution is 2.28. The third kappa shape index (κ3) is 4.21. The van der Waals surface area contributed by atoms with Crippen LogP contribution in [0.2, 0.25) is 0 Å². The van der Waals surface area contributed by atoms with E-state index < -0.39 is 0 Å². The van der Waals surface area contributed by atoms with Gasteiger partial charge in [0.1, 0.15) is 11.5 Å². The molecule has 2 unspecified atom stereocenters. The molecule has 0 aliphatic rings. The first-order chi connectivity index (χ1) is 10.1. The molecule has 4 heteroatoms. The van der Waals surface area contributed by atoms with Crippen LogP contribution in [-0.4, -0.2) is 28.0 Å². The van der Waals surface area contributed by atoms with Crippen LogP contribution in [0.3, 0.4) is 0 Å². The van der Waals surface area contributed by atoms with Crippen molar-refractivity contribution >= 4 is 0 Å². The molecule has 4 nitrogen and oxygen atoms in total. The van der Waals surface area contributed by atoms with Gasteiger partial charge in [-0.3, -0.25) is 0 Å². The van der Waals surface area contributed by atoms with Crippen LogP contribution in [0.5, 0.6) is 11.5 Å². The molecule has 0 saturated carbocycles. The highest BCUT2D eigenvalue weighted by atomic mass is 16.3. The van der Waals surface area contributed by atoms with Crippen molar-refractivity contribution in [2.24, 2.45) is 0 Å². The minimum absolute atomic E-state index is 0.0120. The highest BCUT2D eigenvalue weighted by molar-refractivity contribution is 5.40. The largest absolute Gasteiger partial charge is 0.508 e. The number of benzene rings is 2. The third-order valence-corrected chi connectivity index (χ3v) is 3.51. The first-order valence-corrected chi connectivity index (χ1v) is 7.03. The van der Waals surface area contributed by atoms with Gasteiger partial charge in [0.05, 0.1) is 6.61 Å². The van der Waals surface area contributed by atoms with Crippen molar-refractivity contribution < 1.29 is 15.3 Å². The second kappa shape index (κ2) is 7.11. The van der Waals surface area contributed by atoms with Crippen molar-refractivity contribution in [1.29, 1.82) is 0 Å². The fraction of sp³-hybridized carbons (Fsp3) is 0.294. The third-order valence-electron chi connectivity index (χ3n) is 3.51. The maximum atomic E-state index is 9.87. The van der Waals surface area contributed by atoms with Crippen molar-refractivity contribution in [3.8, 4) is 11.5 Å². The molecule has 2 rings (SSSR count). The zero-order valence-electron chi connectivity index (χ0n) is 12.0. The van der Waals surface area contributed by atoms with Gasteiger partial charge in [-0.1, -0.05) is 36.4 Å². The van der Waals surface area contributed by atoms with Gasteiger partial charge in [0.2, 0.25) is 0 Å². The van der Waals surface area contributed by atoms with Gasteiger partial charge in [-0.25, -0.2) is 0 Å². The van der Waals surface area contributed by atoms with E-state index in [2.05, 4.69) is 5.32 Å². The molecule has 0 amide bonds. The molecule has 0 saturated heterocycles. The molecule has 0 spiro atoms. The molecule has 0 aromatic heterocycles. The smallest absolute Gasteiger partial charge is 0.124 e. The Bertz CT molecular complexity index is 572. The van der Waals surface area contributed by atoms with Crippen molar-refractivity contribution in [2.45, 2.75) is 25.4 Å². The first kappa shape index (κ1) is 15.4. The lowest BCUT2D eigenvalue weighted by molar-refractivity contribution is 0.232. The SMILES string of the molecule is CC(NC(CO)Cc1ccccc1)c1ccc(O)cc1O. The number of aliphatic hydroxyl groups excluding tert-OH is 1. The molecule has 2 atom stereocenters. The maximum absolute atomic E-state index is 9.87. The summed E-state index contributed by atoms with van der Waals surface area (Å²) in [4.78, 5) is 0. The predicted octanol–water partition coefficient (Wildman–Crippen LogP) is 2.35. The van der Waals surface area contributed by atoms with Gasteiger partial charge in [0, 0.05) is 23.7 Å². The van der Waals surface area contributed by atoms with E-state index in [1.165, 1.54) is 6.07 Å². The monoisotopic (exact) mass is 287 g/mol. The Morgan fingerprint density at radius 2 is 1.76 bits per heavy atom. The van der Waals surface area contributed by atoms with Gasteiger partial charge in [0.15, 0.2) is 0 Å². The molecule has 4 N–H and O–H groups in total. The fourth-order valence-corrected chi connectivity index (χ4v) is 2.42. The van der Waals surface area contributed by atoms with Crippen LogP contribution in [0.4, 0.5) is 0 Å². The summed E-state index contributed by atoms with van der Waals surface area (Å²) in [5, 5.41) is 32.0. The molecule has 0 fully saturated rings. The fourth-order valence-electron chi connectivity index (χ4n) is 2.42. The molecular weight excluding hydrogens is 266 g/mol. The molecule has 0 aliphatic heterocycles. The first-order valence-electron chi connectivity index (χ1n) is 7.03. The molecule has 0 bridgehead atoms. The van der Waals surface area contributed by atoms with E-state index in [1.807, 2.05) is 37.3 Å². The van der Waals surface area contributed by atoms with Crippen LogP contribution in [0.15, 0.2) is 48.5 Å². The molecular formula is C17H21NO3. The molecule has 0 radical (unpaired) electrons. The van der Waals surface area contributed by atoms with E-state index in [-0.39, 0.29) is 30.2 Å². The van der Waals surface area contributed by atoms with Crippen LogP contribution < -0.4 is 5.32 Å². The van der Waals surface area contributed by atoms with Crippen molar-refractivity contribution in [3.05, 3.63) is 59.7 Å². The number of aromatic hydroxyl groups is 2. The lowest BCUT2D eigenvalue weighted by atomic mass is 10.0. The minimum Gasteiger partial charge on any atom is -0.508 e. The zero-order chi connectivity index (χ0) is 15.2. The summed E-state index contributed by atoms with van der Waals surface area (Å²) in [5.41, 5.74) is 1.84. The van der Waals surface area contributed by atoms with E-state index in [4.69, 9.17) is 0 Å². The summed E-state index contributed by atoms with van der Waals surface area (Å²) in [7, 11) is 0. The topological polar surface area (TPSA) is 72.7 Å². The van der Waals surface area contributed by atoms with E-state index in [1.54, 1.807) is 12.1 Å². The second-order valence-electron chi connectivity index (χ2n) is 5.20. The molecule has 2 aromatic carbocycles. The van der Waals surface area contributed by atoms with Gasteiger partial charge < -0.3 is 20.6 Å². The minimum atomic E-state index is -0.133. The Kier molecular flexibility index (Phi) is 5.20. The van der Waals surface area contributed by atoms with Crippen LogP contribution in [0, 0.1) is 0 Å². The maximum Gasteiger partial charge on any atom is 0.124 e. The number of hydrogen-bond acceptors (Lipinski definition) is 4. The van der Waals surface area contributed by atoms with Crippen molar-refractivity contribution in [2.75, 3.05) is 6.61 Å². The number of nitrogens with one attached hydrogen (secondary N) is 1. The average Bonchev–Trinajstić information content (AvgIpc) is 2.47. The number of phenolic OH excluding ortho intramolecular Hbond substituents is 2. The summed E-state index contributed by atoms with van der Waals surface area (Å²) in [5.74, 6) is 0.0813. The highest BCUT2D eigenvalue weighted by Gasteiger charge is 2.16. The van der Waals surface area contributed by atoms with Crippen LogP contribution in [-0.2, 0) is 6.42 Å². The molecule has 2 aromatic rings. The predicted molar refractivity (Wildman–Crippen MR) is 82.3 cm³/mol. The van der Waals surface area contributed by atoms with Gasteiger partial charge >= 0.3 is 0 Å².